The van der Waals surface area contributed by atoms with E-state index in [2.05, 4.69) is 10.6 Å². The molecule has 0 saturated carbocycles. The summed E-state index contributed by atoms with van der Waals surface area (Å²) in [6.07, 6.45) is 5.16. The molecule has 10 heteroatoms. The molecule has 2 saturated heterocycles. The van der Waals surface area contributed by atoms with Gasteiger partial charge in [-0.2, -0.15) is 0 Å². The van der Waals surface area contributed by atoms with E-state index < -0.39 is 42.2 Å². The number of carbonyl (C=O) groups is 4. The molecule has 0 aliphatic carbocycles. The number of ether oxygens (including phenoxy) is 1. The Morgan fingerprint density at radius 1 is 1.12 bits per heavy atom. The van der Waals surface area contributed by atoms with Crippen LogP contribution in [0.5, 0.6) is 0 Å². The Labute approximate surface area is 196 Å². The molecule has 4 rings (SSSR count). The Bertz CT molecular complexity index is 983. The maximum absolute atomic E-state index is 13.6. The third kappa shape index (κ3) is 5.20. The van der Waals surface area contributed by atoms with Crippen LogP contribution in [0.1, 0.15) is 48.9 Å². The molecule has 5 atom stereocenters. The Kier molecular flexibility index (Phi) is 6.99. The first kappa shape index (κ1) is 23.3. The average Bonchev–Trinajstić information content (AvgIpc) is 3.10. The third-order valence-corrected chi connectivity index (χ3v) is 6.48. The van der Waals surface area contributed by atoms with Gasteiger partial charge in [0, 0.05) is 16.6 Å². The summed E-state index contributed by atoms with van der Waals surface area (Å²) in [4.78, 5) is 52.4. The number of amides is 3. The van der Waals surface area contributed by atoms with Gasteiger partial charge in [0.2, 0.25) is 18.1 Å². The van der Waals surface area contributed by atoms with Crippen LogP contribution in [0.4, 0.5) is 0 Å². The Balaban J connectivity index is 1.52. The van der Waals surface area contributed by atoms with Crippen molar-refractivity contribution in [3.8, 4) is 0 Å². The predicted octanol–water partition coefficient (Wildman–Crippen LogP) is 1.29. The number of halogens is 1. The van der Waals surface area contributed by atoms with E-state index in [1.165, 1.54) is 6.07 Å². The lowest BCUT2D eigenvalue weighted by Crippen LogP contribution is -2.62. The van der Waals surface area contributed by atoms with Crippen LogP contribution in [0.25, 0.3) is 0 Å². The summed E-state index contributed by atoms with van der Waals surface area (Å²) in [6.45, 7) is 0. The van der Waals surface area contributed by atoms with Gasteiger partial charge in [0.15, 0.2) is 0 Å². The molecule has 2 fully saturated rings. The number of piperidine rings is 1. The molecule has 1 aromatic carbocycles. The molecule has 33 heavy (non-hydrogen) atoms. The van der Waals surface area contributed by atoms with Gasteiger partial charge in [-0.15, -0.1) is 0 Å². The summed E-state index contributed by atoms with van der Waals surface area (Å²) in [5, 5.41) is 15.7. The van der Waals surface area contributed by atoms with E-state index in [0.717, 1.165) is 12.8 Å². The van der Waals surface area contributed by atoms with Gasteiger partial charge in [-0.05, 0) is 50.3 Å². The topological polar surface area (TPSA) is 125 Å². The van der Waals surface area contributed by atoms with E-state index in [1.54, 1.807) is 23.1 Å². The lowest BCUT2D eigenvalue weighted by Gasteiger charge is -2.43. The van der Waals surface area contributed by atoms with Crippen LogP contribution >= 0.6 is 11.6 Å². The van der Waals surface area contributed by atoms with Crippen molar-refractivity contribution in [3.05, 3.63) is 47.0 Å². The van der Waals surface area contributed by atoms with E-state index in [0.29, 0.717) is 29.8 Å². The smallest absolute Gasteiger partial charge is 0.310 e. The Morgan fingerprint density at radius 3 is 2.64 bits per heavy atom. The molecule has 3 amide bonds. The number of benzene rings is 1. The van der Waals surface area contributed by atoms with Crippen LogP contribution in [0.15, 0.2) is 36.4 Å². The first-order chi connectivity index (χ1) is 15.8. The largest absolute Gasteiger partial charge is 0.434 e. The number of nitrogens with zero attached hydrogens (tertiary/aromatic N) is 1. The molecule has 176 valence electrons. The minimum Gasteiger partial charge on any atom is -0.434 e. The maximum Gasteiger partial charge on any atom is 0.310 e. The number of carbonyl (C=O) groups excluding carboxylic acids is 4. The third-order valence-electron chi connectivity index (χ3n) is 6.25. The van der Waals surface area contributed by atoms with Crippen molar-refractivity contribution in [2.75, 3.05) is 0 Å². The van der Waals surface area contributed by atoms with E-state index in [4.69, 9.17) is 16.3 Å². The fraction of sp³-hybridized carbons (Fsp3) is 0.478. The lowest BCUT2D eigenvalue weighted by atomic mass is 9.90. The van der Waals surface area contributed by atoms with E-state index in [-0.39, 0.29) is 18.4 Å². The summed E-state index contributed by atoms with van der Waals surface area (Å²) in [5.41, 5.74) is 0.339. The number of aliphatic hydroxyl groups excluding tert-OH is 1. The number of hydrogen-bond acceptors (Lipinski definition) is 6. The van der Waals surface area contributed by atoms with Crippen LogP contribution in [-0.4, -0.2) is 64.2 Å². The van der Waals surface area contributed by atoms with Crippen molar-refractivity contribution in [3.63, 3.8) is 0 Å². The molecule has 0 bridgehead atoms. The van der Waals surface area contributed by atoms with Crippen molar-refractivity contribution in [1.82, 2.24) is 15.5 Å². The van der Waals surface area contributed by atoms with Crippen LogP contribution in [-0.2, 0) is 19.1 Å². The second-order valence-corrected chi connectivity index (χ2v) is 8.96. The minimum absolute atomic E-state index is 0.127. The molecular weight excluding hydrogens is 450 g/mol. The van der Waals surface area contributed by atoms with Gasteiger partial charge in [0.25, 0.3) is 5.91 Å². The number of aliphatic hydroxyl groups is 1. The second-order valence-electron chi connectivity index (χ2n) is 8.52. The first-order valence-corrected chi connectivity index (χ1v) is 11.4. The Hall–Kier alpha value is -2.91. The highest BCUT2D eigenvalue weighted by Crippen LogP contribution is 2.29. The molecule has 3 N–H and O–H groups in total. The number of hydrogen-bond donors (Lipinski definition) is 3. The summed E-state index contributed by atoms with van der Waals surface area (Å²) in [5.74, 6) is -1.80. The standard InChI is InChI=1S/C23H26ClN3O6/c24-14-6-3-5-13(11-14)20(29)25-16-9-2-1-7-15-8-4-10-18(27(15)22(16)31)21(30)26-17-12-19(28)33-23(17)32/h1-3,5-6,11,15-18,23,32H,4,7-10,12H2,(H,25,29)(H,26,30)/b2-1-/t15-,16-,17?,18-,23?/m0/s1. The van der Waals surface area contributed by atoms with Crippen LogP contribution in [0, 0.1) is 0 Å². The molecule has 0 spiro atoms. The van der Waals surface area contributed by atoms with Gasteiger partial charge in [-0.25, -0.2) is 0 Å². The van der Waals surface area contributed by atoms with Crippen molar-refractivity contribution in [2.45, 2.75) is 69.0 Å². The van der Waals surface area contributed by atoms with Gasteiger partial charge in [0.05, 0.1) is 6.42 Å². The normalized spacial score (nSPS) is 30.5. The molecule has 0 radical (unpaired) electrons. The number of rotatable bonds is 4. The number of esters is 1. The van der Waals surface area contributed by atoms with Crippen LogP contribution in [0.2, 0.25) is 5.02 Å². The maximum atomic E-state index is 13.6. The predicted molar refractivity (Wildman–Crippen MR) is 118 cm³/mol. The quantitative estimate of drug-likeness (QED) is 0.445. The summed E-state index contributed by atoms with van der Waals surface area (Å²) in [7, 11) is 0. The van der Waals surface area contributed by atoms with E-state index in [9.17, 15) is 24.3 Å². The lowest BCUT2D eigenvalue weighted by molar-refractivity contribution is -0.156. The SMILES string of the molecule is O=C1CC(NC(=O)[C@@H]2CCC[C@@H]3C/C=C\C[C@H](NC(=O)c4cccc(Cl)c4)C(=O)N32)C(O)O1. The fourth-order valence-electron chi connectivity index (χ4n) is 4.61. The number of fused-ring (bicyclic) bond motifs is 1. The number of cyclic esters (lactones) is 1. The summed E-state index contributed by atoms with van der Waals surface area (Å²) >= 11 is 5.98. The van der Waals surface area contributed by atoms with Crippen molar-refractivity contribution in [1.29, 1.82) is 0 Å². The monoisotopic (exact) mass is 475 g/mol. The van der Waals surface area contributed by atoms with Crippen molar-refractivity contribution < 1.29 is 29.0 Å². The molecular formula is C23H26ClN3O6. The van der Waals surface area contributed by atoms with Gasteiger partial charge >= 0.3 is 5.97 Å². The Morgan fingerprint density at radius 2 is 1.91 bits per heavy atom. The van der Waals surface area contributed by atoms with Gasteiger partial charge < -0.3 is 25.4 Å². The average molecular weight is 476 g/mol. The van der Waals surface area contributed by atoms with Gasteiger partial charge in [-0.1, -0.05) is 29.8 Å². The van der Waals surface area contributed by atoms with Crippen LogP contribution in [0.3, 0.4) is 0 Å². The second kappa shape index (κ2) is 9.93. The van der Waals surface area contributed by atoms with Crippen molar-refractivity contribution in [2.24, 2.45) is 0 Å². The fourth-order valence-corrected chi connectivity index (χ4v) is 4.80. The van der Waals surface area contributed by atoms with E-state index >= 15 is 0 Å². The molecule has 3 aliphatic rings. The summed E-state index contributed by atoms with van der Waals surface area (Å²) < 4.78 is 4.69. The zero-order valence-electron chi connectivity index (χ0n) is 17.9. The highest BCUT2D eigenvalue weighted by atomic mass is 35.5. The zero-order valence-corrected chi connectivity index (χ0v) is 18.7. The molecule has 0 aromatic heterocycles. The summed E-state index contributed by atoms with van der Waals surface area (Å²) in [6, 6.07) is 3.80. The first-order valence-electron chi connectivity index (χ1n) is 11.0. The zero-order chi connectivity index (χ0) is 23.5. The molecule has 1 aromatic rings. The molecule has 9 nitrogen and oxygen atoms in total. The molecule has 3 heterocycles. The minimum atomic E-state index is -1.41. The van der Waals surface area contributed by atoms with E-state index in [1.807, 2.05) is 12.2 Å². The van der Waals surface area contributed by atoms with Gasteiger partial charge in [-0.3, -0.25) is 19.2 Å². The molecule has 3 aliphatic heterocycles. The molecule has 2 unspecified atom stereocenters. The highest BCUT2D eigenvalue weighted by Gasteiger charge is 2.43. The van der Waals surface area contributed by atoms with Crippen molar-refractivity contribution >= 4 is 35.3 Å². The number of nitrogens with one attached hydrogen (secondary N) is 2. The van der Waals surface area contributed by atoms with Crippen LogP contribution < -0.4 is 10.6 Å². The highest BCUT2D eigenvalue weighted by molar-refractivity contribution is 6.31. The van der Waals surface area contributed by atoms with Gasteiger partial charge in [0.1, 0.15) is 18.1 Å².